The van der Waals surface area contributed by atoms with E-state index in [1.165, 1.54) is 32.7 Å². The molecule has 0 saturated carbocycles. The first kappa shape index (κ1) is 17.4. The molecule has 0 N–H and O–H groups in total. The van der Waals surface area contributed by atoms with E-state index in [9.17, 15) is 9.59 Å². The lowest BCUT2D eigenvalue weighted by molar-refractivity contribution is -0.164. The van der Waals surface area contributed by atoms with E-state index in [1.54, 1.807) is 16.8 Å². The Balaban J connectivity index is 1.71. The molecule has 1 spiro atoms. The monoisotopic (exact) mass is 399 g/mol. The molecule has 0 radical (unpaired) electrons. The largest absolute Gasteiger partial charge is 0.319 e. The molecule has 27 heavy (non-hydrogen) atoms. The number of benzene rings is 1. The Labute approximate surface area is 167 Å². The molecule has 4 saturated heterocycles. The van der Waals surface area contributed by atoms with Crippen LogP contribution in [0.2, 0.25) is 0 Å². The third-order valence-corrected chi connectivity index (χ3v) is 10.5. The maximum absolute atomic E-state index is 13.6. The van der Waals surface area contributed by atoms with Crippen LogP contribution >= 0.6 is 21.6 Å². The van der Waals surface area contributed by atoms with E-state index in [0.717, 1.165) is 24.8 Å². The van der Waals surface area contributed by atoms with Gasteiger partial charge in [-0.05, 0) is 42.9 Å². The molecule has 6 rings (SSSR count). The summed E-state index contributed by atoms with van der Waals surface area (Å²) in [5, 5.41) is 0. The number of rotatable bonds is 1. The molecule has 2 amide bonds. The van der Waals surface area contributed by atoms with E-state index in [2.05, 4.69) is 23.0 Å². The molecule has 1 aromatic rings. The molecule has 1 aromatic carbocycles. The molecule has 5 aliphatic rings. The molecule has 1 unspecified atom stereocenters. The van der Waals surface area contributed by atoms with Crippen molar-refractivity contribution in [1.82, 2.24) is 9.80 Å². The van der Waals surface area contributed by atoms with Crippen molar-refractivity contribution in [2.75, 3.05) is 7.05 Å². The lowest BCUT2D eigenvalue weighted by Crippen LogP contribution is -2.73. The van der Waals surface area contributed by atoms with Gasteiger partial charge in [0.2, 0.25) is 0 Å². The van der Waals surface area contributed by atoms with E-state index in [-0.39, 0.29) is 11.8 Å². The van der Waals surface area contributed by atoms with E-state index >= 15 is 0 Å². The fourth-order valence-corrected chi connectivity index (χ4v) is 8.73. The van der Waals surface area contributed by atoms with Crippen LogP contribution in [0.1, 0.15) is 49.4 Å². The topological polar surface area (TPSA) is 45.0 Å². The predicted molar refractivity (Wildman–Crippen MR) is 107 cm³/mol. The molecule has 140 valence electrons. The Morgan fingerprint density at radius 2 is 1.89 bits per heavy atom. The zero-order chi connectivity index (χ0) is 19.2. The van der Waals surface area contributed by atoms with Gasteiger partial charge in [-0.15, -0.1) is 0 Å². The number of fused-ring (bicyclic) bond motifs is 3. The normalized spacial score (nSPS) is 39.6. The van der Waals surface area contributed by atoms with Gasteiger partial charge in [0.25, 0.3) is 17.4 Å². The van der Waals surface area contributed by atoms with Crippen LogP contribution in [0.25, 0.3) is 4.85 Å². The number of hydrogen-bond donors (Lipinski definition) is 0. The quantitative estimate of drug-likeness (QED) is 0.536. The summed E-state index contributed by atoms with van der Waals surface area (Å²) in [5.74, 6) is -0.0990. The Morgan fingerprint density at radius 3 is 2.63 bits per heavy atom. The highest BCUT2D eigenvalue weighted by molar-refractivity contribution is 8.78. The average molecular weight is 400 g/mol. The second-order valence-electron chi connectivity index (χ2n) is 8.40. The number of carbonyl (C=O) groups is 2. The van der Waals surface area contributed by atoms with Crippen molar-refractivity contribution in [1.29, 1.82) is 0 Å². The van der Waals surface area contributed by atoms with Crippen LogP contribution in [0.4, 0.5) is 0 Å². The molecule has 4 atom stereocenters. The standard InChI is InChI=1S/C20H21N3O2S2/c1-18(21-3)11-20-17(25)22(4)19(2,26-27-20)16(24)23(20)15(18)14-9-8-12-6-5-7-13(12)10-14/h8-10,15H,5-7,11H2,1-2,4H3/t15-,18+,19?,20+/m1/s1. The third-order valence-electron chi connectivity index (χ3n) is 6.76. The summed E-state index contributed by atoms with van der Waals surface area (Å²) in [4.78, 5) is 32.3. The van der Waals surface area contributed by atoms with Crippen molar-refractivity contribution in [3.63, 3.8) is 0 Å². The van der Waals surface area contributed by atoms with Crippen molar-refractivity contribution in [2.45, 2.75) is 60.9 Å². The Kier molecular flexibility index (Phi) is 3.38. The number of aryl methyl sites for hydroxylation is 2. The van der Waals surface area contributed by atoms with Gasteiger partial charge in [-0.2, -0.15) is 0 Å². The molecule has 4 aliphatic heterocycles. The van der Waals surface area contributed by atoms with Gasteiger partial charge in [0, 0.05) is 14.0 Å². The first-order valence-electron chi connectivity index (χ1n) is 9.26. The van der Waals surface area contributed by atoms with Gasteiger partial charge in [0.1, 0.15) is 6.04 Å². The van der Waals surface area contributed by atoms with Crippen LogP contribution in [0, 0.1) is 6.57 Å². The number of carbonyl (C=O) groups excluding carboxylic acids is 2. The minimum atomic E-state index is -0.975. The Bertz CT molecular complexity index is 944. The summed E-state index contributed by atoms with van der Waals surface area (Å²) in [7, 11) is 4.65. The van der Waals surface area contributed by atoms with E-state index in [1.807, 2.05) is 13.8 Å². The fourth-order valence-electron chi connectivity index (χ4n) is 5.15. The number of likely N-dealkylation sites (N-methyl/N-ethyl adjacent to an activating group) is 1. The van der Waals surface area contributed by atoms with Crippen molar-refractivity contribution in [3.05, 3.63) is 46.3 Å². The smallest absolute Gasteiger partial charge is 0.262 e. The number of piperazine rings is 1. The lowest BCUT2D eigenvalue weighted by Gasteiger charge is -2.57. The molecular formula is C20H21N3O2S2. The second-order valence-corrected chi connectivity index (χ2v) is 11.2. The van der Waals surface area contributed by atoms with Crippen LogP contribution in [0.5, 0.6) is 0 Å². The fraction of sp³-hybridized carbons (Fsp3) is 0.550. The van der Waals surface area contributed by atoms with Crippen molar-refractivity contribution < 1.29 is 9.59 Å². The molecule has 4 fully saturated rings. The van der Waals surface area contributed by atoms with Gasteiger partial charge >= 0.3 is 0 Å². The zero-order valence-electron chi connectivity index (χ0n) is 15.6. The van der Waals surface area contributed by atoms with Crippen LogP contribution in [-0.4, -0.2) is 43.9 Å². The summed E-state index contributed by atoms with van der Waals surface area (Å²) in [5.41, 5.74) is 2.88. The highest BCUT2D eigenvalue weighted by atomic mass is 33.1. The molecule has 4 heterocycles. The summed E-state index contributed by atoms with van der Waals surface area (Å²) < 4.78 is 0. The van der Waals surface area contributed by atoms with Crippen LogP contribution in [0.15, 0.2) is 18.2 Å². The van der Waals surface area contributed by atoms with E-state index in [4.69, 9.17) is 6.57 Å². The predicted octanol–water partition coefficient (Wildman–Crippen LogP) is 3.41. The molecule has 1 aliphatic carbocycles. The summed E-state index contributed by atoms with van der Waals surface area (Å²) in [6.07, 6.45) is 3.67. The Morgan fingerprint density at radius 1 is 1.15 bits per heavy atom. The molecule has 5 nitrogen and oxygen atoms in total. The minimum Gasteiger partial charge on any atom is -0.319 e. The van der Waals surface area contributed by atoms with Crippen molar-refractivity contribution >= 4 is 33.4 Å². The lowest BCUT2D eigenvalue weighted by atomic mass is 9.86. The zero-order valence-corrected chi connectivity index (χ0v) is 17.2. The molecule has 0 aromatic heterocycles. The SMILES string of the molecule is [C-]#[N+][C@@]1(C)C[C@@]23SSC(C)(C(=O)N2[C@@H]1c1ccc2c(c1)CCC2)N(C)C3=O. The highest BCUT2D eigenvalue weighted by Crippen LogP contribution is 2.68. The van der Waals surface area contributed by atoms with Crippen LogP contribution in [-0.2, 0) is 22.4 Å². The van der Waals surface area contributed by atoms with Gasteiger partial charge in [-0.25, -0.2) is 6.57 Å². The number of nitrogens with zero attached hydrogens (tertiary/aromatic N) is 3. The van der Waals surface area contributed by atoms with Gasteiger partial charge in [-0.1, -0.05) is 39.8 Å². The molecule has 2 bridgehead atoms. The number of hydrogen-bond acceptors (Lipinski definition) is 4. The van der Waals surface area contributed by atoms with Crippen LogP contribution in [0.3, 0.4) is 0 Å². The second kappa shape index (κ2) is 5.24. The third kappa shape index (κ3) is 1.93. The molecular weight excluding hydrogens is 378 g/mol. The maximum Gasteiger partial charge on any atom is 0.262 e. The van der Waals surface area contributed by atoms with Gasteiger partial charge < -0.3 is 14.6 Å². The number of amides is 2. The minimum absolute atomic E-state index is 0.0492. The van der Waals surface area contributed by atoms with Gasteiger partial charge in [-0.3, -0.25) is 9.59 Å². The summed E-state index contributed by atoms with van der Waals surface area (Å²) in [6, 6.07) is 6.01. The molecule has 7 heteroatoms. The van der Waals surface area contributed by atoms with Crippen molar-refractivity contribution in [2.24, 2.45) is 0 Å². The highest BCUT2D eigenvalue weighted by Gasteiger charge is 2.77. The Hall–Kier alpha value is -1.65. The van der Waals surface area contributed by atoms with E-state index < -0.39 is 21.3 Å². The van der Waals surface area contributed by atoms with Gasteiger partial charge in [0.05, 0.1) is 6.42 Å². The summed E-state index contributed by atoms with van der Waals surface area (Å²) >= 11 is 0. The maximum atomic E-state index is 13.6. The van der Waals surface area contributed by atoms with Gasteiger partial charge in [0.15, 0.2) is 9.74 Å². The summed E-state index contributed by atoms with van der Waals surface area (Å²) in [6.45, 7) is 11.7. The first-order valence-corrected chi connectivity index (χ1v) is 11.4. The van der Waals surface area contributed by atoms with Crippen LogP contribution < -0.4 is 0 Å². The van der Waals surface area contributed by atoms with E-state index in [0.29, 0.717) is 6.42 Å². The first-order chi connectivity index (χ1) is 12.8. The average Bonchev–Trinajstić information content (AvgIpc) is 3.23. The van der Waals surface area contributed by atoms with Crippen molar-refractivity contribution in [3.8, 4) is 0 Å².